The molecule has 4 rings (SSSR count). The van der Waals surface area contributed by atoms with Crippen molar-refractivity contribution in [2.75, 3.05) is 0 Å². The Labute approximate surface area is 185 Å². The first-order chi connectivity index (χ1) is 15.0. The number of Topliss-reactive ketones (excluding diaryl/α,β-unsaturated/α-hetero) is 1. The zero-order valence-electron chi connectivity index (χ0n) is 16.7. The zero-order chi connectivity index (χ0) is 21.8. The van der Waals surface area contributed by atoms with Crippen LogP contribution < -0.4 is 0 Å². The van der Waals surface area contributed by atoms with Gasteiger partial charge in [0.05, 0.1) is 11.3 Å². The second kappa shape index (κ2) is 9.11. The second-order valence-corrected chi connectivity index (χ2v) is 7.85. The fourth-order valence-corrected chi connectivity index (χ4v) is 3.87. The van der Waals surface area contributed by atoms with Crippen molar-refractivity contribution in [3.8, 4) is 0 Å². The molecule has 0 heterocycles. The van der Waals surface area contributed by atoms with E-state index in [4.69, 9.17) is 11.6 Å². The average molecular weight is 430 g/mol. The molecule has 0 aromatic heterocycles. The third kappa shape index (κ3) is 4.65. The van der Waals surface area contributed by atoms with Gasteiger partial charge in [-0.2, -0.15) is 0 Å². The van der Waals surface area contributed by atoms with Crippen molar-refractivity contribution in [3.63, 3.8) is 0 Å². The van der Waals surface area contributed by atoms with Crippen LogP contribution in [0.1, 0.15) is 40.2 Å². The molecule has 1 atom stereocenters. The van der Waals surface area contributed by atoms with E-state index in [2.05, 4.69) is 4.99 Å². The Hall–Kier alpha value is -3.50. The predicted octanol–water partition coefficient (Wildman–Crippen LogP) is 6.23. The van der Waals surface area contributed by atoms with E-state index in [1.165, 1.54) is 6.21 Å². The lowest BCUT2D eigenvalue weighted by Crippen LogP contribution is -2.19. The Morgan fingerprint density at radius 1 is 0.968 bits per heavy atom. The number of hydrogen-bond acceptors (Lipinski definition) is 4. The number of rotatable bonds is 5. The first-order valence-corrected chi connectivity index (χ1v) is 10.3. The number of hydrogen-bond donors (Lipinski definition) is 1. The summed E-state index contributed by atoms with van der Waals surface area (Å²) in [5.74, 6) is -0.436. The highest BCUT2D eigenvalue weighted by molar-refractivity contribution is 6.31. The van der Waals surface area contributed by atoms with Gasteiger partial charge >= 0.3 is 0 Å². The van der Waals surface area contributed by atoms with E-state index in [0.717, 1.165) is 5.56 Å². The van der Waals surface area contributed by atoms with E-state index in [9.17, 15) is 14.7 Å². The average Bonchev–Trinajstić information content (AvgIpc) is 2.80. The van der Waals surface area contributed by atoms with Crippen LogP contribution in [0.5, 0.6) is 0 Å². The van der Waals surface area contributed by atoms with Crippen LogP contribution >= 0.6 is 11.6 Å². The third-order valence-electron chi connectivity index (χ3n) is 5.33. The van der Waals surface area contributed by atoms with Crippen molar-refractivity contribution in [1.29, 1.82) is 0 Å². The molecule has 1 aliphatic rings. The topological polar surface area (TPSA) is 66.7 Å². The lowest BCUT2D eigenvalue weighted by atomic mass is 9.83. The standard InChI is InChI=1S/C26H20ClNO3/c27-20-11-12-23(21(15-20)26(31)18-9-5-2-6-10-18)28-16-22-24(29)13-19(14-25(22)30)17-7-3-1-4-8-17/h1-12,15-16,19,29H,13-14H2. The number of carbonyl (C=O) groups excluding carboxylic acids is 2. The lowest BCUT2D eigenvalue weighted by Gasteiger charge is -2.22. The van der Waals surface area contributed by atoms with Gasteiger partial charge in [-0.15, -0.1) is 0 Å². The number of carbonyl (C=O) groups is 2. The van der Waals surface area contributed by atoms with E-state index in [-0.39, 0.29) is 28.8 Å². The molecule has 0 fully saturated rings. The minimum atomic E-state index is -0.215. The molecule has 4 nitrogen and oxygen atoms in total. The SMILES string of the molecule is O=C1CC(c2ccccc2)CC(O)=C1C=Nc1ccc(Cl)cc1C(=O)c1ccccc1. The molecule has 3 aromatic carbocycles. The monoisotopic (exact) mass is 429 g/mol. The van der Waals surface area contributed by atoms with Crippen LogP contribution in [0, 0.1) is 0 Å². The summed E-state index contributed by atoms with van der Waals surface area (Å²) in [5.41, 5.74) is 2.44. The highest BCUT2D eigenvalue weighted by atomic mass is 35.5. The molecule has 154 valence electrons. The zero-order valence-corrected chi connectivity index (χ0v) is 17.4. The molecule has 3 aromatic rings. The summed E-state index contributed by atoms with van der Waals surface area (Å²) in [6.45, 7) is 0. The molecule has 0 amide bonds. The second-order valence-electron chi connectivity index (χ2n) is 7.41. The maximum absolute atomic E-state index is 12.9. The van der Waals surface area contributed by atoms with E-state index in [0.29, 0.717) is 34.7 Å². The summed E-state index contributed by atoms with van der Waals surface area (Å²) in [5, 5.41) is 10.9. The first kappa shape index (κ1) is 20.8. The Balaban J connectivity index is 1.63. The number of nitrogens with zero attached hydrogens (tertiary/aromatic N) is 1. The quantitative estimate of drug-likeness (QED) is 0.386. The molecule has 0 radical (unpaired) electrons. The Morgan fingerprint density at radius 3 is 2.32 bits per heavy atom. The van der Waals surface area contributed by atoms with Crippen LogP contribution in [-0.2, 0) is 4.79 Å². The smallest absolute Gasteiger partial charge is 0.195 e. The molecule has 1 unspecified atom stereocenters. The molecule has 0 saturated heterocycles. The summed E-state index contributed by atoms with van der Waals surface area (Å²) in [4.78, 5) is 30.0. The van der Waals surface area contributed by atoms with Crippen molar-refractivity contribution in [2.45, 2.75) is 18.8 Å². The van der Waals surface area contributed by atoms with Gasteiger partial charge in [0, 0.05) is 35.2 Å². The van der Waals surface area contributed by atoms with Crippen molar-refractivity contribution in [2.24, 2.45) is 4.99 Å². The van der Waals surface area contributed by atoms with Gasteiger partial charge in [-0.1, -0.05) is 72.3 Å². The van der Waals surface area contributed by atoms with Gasteiger partial charge in [0.2, 0.25) is 0 Å². The number of halogens is 1. The normalized spacial score (nSPS) is 16.7. The van der Waals surface area contributed by atoms with Gasteiger partial charge in [0.1, 0.15) is 5.76 Å². The maximum atomic E-state index is 12.9. The van der Waals surface area contributed by atoms with Gasteiger partial charge in [-0.05, 0) is 29.7 Å². The summed E-state index contributed by atoms with van der Waals surface area (Å²) in [7, 11) is 0. The number of ketones is 2. The Bertz CT molecular complexity index is 1180. The van der Waals surface area contributed by atoms with Crippen LogP contribution in [-0.4, -0.2) is 22.9 Å². The van der Waals surface area contributed by atoms with Crippen LogP contribution in [0.2, 0.25) is 5.02 Å². The molecule has 0 bridgehead atoms. The molecular weight excluding hydrogens is 410 g/mol. The van der Waals surface area contributed by atoms with Crippen LogP contribution in [0.15, 0.2) is 95.2 Å². The van der Waals surface area contributed by atoms with E-state index >= 15 is 0 Å². The molecule has 1 aliphatic carbocycles. The predicted molar refractivity (Wildman–Crippen MR) is 123 cm³/mol. The van der Waals surface area contributed by atoms with E-state index in [1.807, 2.05) is 36.4 Å². The molecule has 0 spiro atoms. The molecule has 0 aliphatic heterocycles. The van der Waals surface area contributed by atoms with Crippen molar-refractivity contribution >= 4 is 35.1 Å². The fourth-order valence-electron chi connectivity index (χ4n) is 3.70. The van der Waals surface area contributed by atoms with Crippen LogP contribution in [0.4, 0.5) is 5.69 Å². The summed E-state index contributed by atoms with van der Waals surface area (Å²) in [6.07, 6.45) is 2.02. The maximum Gasteiger partial charge on any atom is 0.195 e. The van der Waals surface area contributed by atoms with Crippen molar-refractivity contribution in [3.05, 3.63) is 112 Å². The summed E-state index contributed by atoms with van der Waals surface area (Å²) < 4.78 is 0. The molecule has 31 heavy (non-hydrogen) atoms. The van der Waals surface area contributed by atoms with E-state index in [1.54, 1.807) is 42.5 Å². The molecule has 5 heteroatoms. The van der Waals surface area contributed by atoms with Crippen LogP contribution in [0.25, 0.3) is 0 Å². The minimum absolute atomic E-state index is 0.0127. The number of allylic oxidation sites excluding steroid dienone is 2. The minimum Gasteiger partial charge on any atom is -0.511 e. The summed E-state index contributed by atoms with van der Waals surface area (Å²) >= 11 is 6.11. The van der Waals surface area contributed by atoms with Crippen molar-refractivity contribution < 1.29 is 14.7 Å². The van der Waals surface area contributed by atoms with E-state index < -0.39 is 0 Å². The van der Waals surface area contributed by atoms with Gasteiger partial charge in [-0.3, -0.25) is 14.6 Å². The Morgan fingerprint density at radius 2 is 1.65 bits per heavy atom. The Kier molecular flexibility index (Phi) is 6.10. The number of aliphatic imine (C=N–C) groups is 1. The number of aliphatic hydroxyl groups excluding tert-OH is 1. The number of aliphatic hydroxyl groups is 1. The largest absolute Gasteiger partial charge is 0.511 e. The van der Waals surface area contributed by atoms with Crippen LogP contribution in [0.3, 0.4) is 0 Å². The van der Waals surface area contributed by atoms with Gasteiger partial charge in [0.25, 0.3) is 0 Å². The highest BCUT2D eigenvalue weighted by Crippen LogP contribution is 2.33. The van der Waals surface area contributed by atoms with Gasteiger partial charge in [0.15, 0.2) is 11.6 Å². The highest BCUT2D eigenvalue weighted by Gasteiger charge is 2.27. The fraction of sp³-hybridized carbons (Fsp3) is 0.115. The van der Waals surface area contributed by atoms with Crippen molar-refractivity contribution in [1.82, 2.24) is 0 Å². The lowest BCUT2D eigenvalue weighted by molar-refractivity contribution is -0.116. The molecular formula is C26H20ClNO3. The molecule has 1 N–H and O–H groups in total. The van der Waals surface area contributed by atoms with Gasteiger partial charge < -0.3 is 5.11 Å². The third-order valence-corrected chi connectivity index (χ3v) is 5.56. The first-order valence-electron chi connectivity index (χ1n) is 9.96. The van der Waals surface area contributed by atoms with Gasteiger partial charge in [-0.25, -0.2) is 0 Å². The summed E-state index contributed by atoms with van der Waals surface area (Å²) in [6, 6.07) is 23.4. The molecule has 0 saturated carbocycles. The number of benzene rings is 3.